The lowest BCUT2D eigenvalue weighted by Crippen LogP contribution is -2.34. The number of carbonyl (C=O) groups excluding carboxylic acids is 1. The summed E-state index contributed by atoms with van der Waals surface area (Å²) in [5.41, 5.74) is 1.36. The molecule has 0 saturated carbocycles. The maximum Gasteiger partial charge on any atom is 0.264 e. The van der Waals surface area contributed by atoms with Crippen LogP contribution in [0, 0.1) is 0 Å². The third-order valence-corrected chi connectivity index (χ3v) is 3.98. The molecule has 1 N–H and O–H groups in total. The highest BCUT2D eigenvalue weighted by atomic mass is 16.6. The van der Waals surface area contributed by atoms with Crippen LogP contribution in [-0.4, -0.2) is 39.1 Å². The Morgan fingerprint density at radius 2 is 1.96 bits per heavy atom. The van der Waals surface area contributed by atoms with E-state index in [0.29, 0.717) is 41.7 Å². The van der Waals surface area contributed by atoms with Crippen LogP contribution in [0.3, 0.4) is 0 Å². The fourth-order valence-corrected chi connectivity index (χ4v) is 2.64. The zero-order valence-electron chi connectivity index (χ0n) is 14.8. The Labute approximate surface area is 150 Å². The molecular formula is C18H20N2O6. The molecule has 8 nitrogen and oxygen atoms in total. The summed E-state index contributed by atoms with van der Waals surface area (Å²) in [6.45, 7) is 0.297. The summed E-state index contributed by atoms with van der Waals surface area (Å²) in [6.07, 6.45) is 1.20. The van der Waals surface area contributed by atoms with Crippen LogP contribution >= 0.6 is 0 Å². The van der Waals surface area contributed by atoms with Gasteiger partial charge in [0.05, 0.1) is 39.8 Å². The summed E-state index contributed by atoms with van der Waals surface area (Å²) < 4.78 is 21.2. The number of carbonyl (C=O) groups is 1. The Morgan fingerprint density at radius 3 is 2.54 bits per heavy atom. The number of nitrogens with one attached hydrogen (secondary N) is 1. The first-order valence-electron chi connectivity index (χ1n) is 7.99. The molecule has 0 fully saturated rings. The van der Waals surface area contributed by atoms with Crippen LogP contribution in [0.2, 0.25) is 0 Å². The van der Waals surface area contributed by atoms with E-state index in [2.05, 4.69) is 10.5 Å². The number of hydrogen-bond donors (Lipinski definition) is 1. The fraction of sp³-hybridized carbons (Fsp3) is 0.333. The third-order valence-electron chi connectivity index (χ3n) is 3.98. The predicted octanol–water partition coefficient (Wildman–Crippen LogP) is 2.11. The minimum absolute atomic E-state index is 0.257. The summed E-state index contributed by atoms with van der Waals surface area (Å²) in [7, 11) is 4.62. The molecule has 26 heavy (non-hydrogen) atoms. The monoisotopic (exact) mass is 360 g/mol. The van der Waals surface area contributed by atoms with Crippen molar-refractivity contribution in [2.24, 2.45) is 5.16 Å². The van der Waals surface area contributed by atoms with Crippen molar-refractivity contribution in [2.75, 3.05) is 21.3 Å². The van der Waals surface area contributed by atoms with E-state index in [1.807, 2.05) is 0 Å². The van der Waals surface area contributed by atoms with Crippen molar-refractivity contribution in [3.63, 3.8) is 0 Å². The molecule has 0 saturated heterocycles. The van der Waals surface area contributed by atoms with E-state index >= 15 is 0 Å². The Balaban J connectivity index is 1.69. The molecular weight excluding hydrogens is 340 g/mol. The third kappa shape index (κ3) is 3.58. The van der Waals surface area contributed by atoms with Crippen LogP contribution in [0.15, 0.2) is 40.1 Å². The minimum atomic E-state index is -0.695. The normalized spacial score (nSPS) is 15.8. The Kier molecular flexibility index (Phi) is 5.31. The van der Waals surface area contributed by atoms with Crippen LogP contribution in [0.1, 0.15) is 17.7 Å². The first-order valence-corrected chi connectivity index (χ1v) is 7.99. The van der Waals surface area contributed by atoms with Crippen molar-refractivity contribution in [2.45, 2.75) is 19.1 Å². The van der Waals surface area contributed by atoms with Crippen molar-refractivity contribution >= 4 is 11.6 Å². The van der Waals surface area contributed by atoms with Gasteiger partial charge >= 0.3 is 0 Å². The number of benzene rings is 1. The first-order chi connectivity index (χ1) is 12.7. The fourth-order valence-electron chi connectivity index (χ4n) is 2.64. The van der Waals surface area contributed by atoms with Crippen LogP contribution < -0.4 is 19.5 Å². The maximum absolute atomic E-state index is 12.2. The molecule has 1 aromatic heterocycles. The number of ether oxygens (including phenoxy) is 3. The molecule has 1 aliphatic rings. The first kappa shape index (κ1) is 17.7. The molecule has 3 rings (SSSR count). The van der Waals surface area contributed by atoms with Gasteiger partial charge in [-0.3, -0.25) is 4.79 Å². The van der Waals surface area contributed by atoms with Crippen LogP contribution in [0.5, 0.6) is 17.2 Å². The van der Waals surface area contributed by atoms with E-state index in [1.54, 1.807) is 44.7 Å². The topological polar surface area (TPSA) is 91.5 Å². The number of rotatable bonds is 7. The highest BCUT2D eigenvalue weighted by Gasteiger charge is 2.30. The van der Waals surface area contributed by atoms with E-state index in [0.717, 1.165) is 5.56 Å². The Bertz CT molecular complexity index is 775. The molecule has 1 aromatic carbocycles. The van der Waals surface area contributed by atoms with E-state index in [1.165, 1.54) is 7.11 Å². The summed E-state index contributed by atoms with van der Waals surface area (Å²) in [5.74, 6) is 1.92. The van der Waals surface area contributed by atoms with E-state index in [-0.39, 0.29) is 5.91 Å². The summed E-state index contributed by atoms with van der Waals surface area (Å²) in [6, 6.07) is 7.09. The predicted molar refractivity (Wildman–Crippen MR) is 92.7 cm³/mol. The smallest absolute Gasteiger partial charge is 0.264 e. The van der Waals surface area contributed by atoms with E-state index in [9.17, 15) is 4.79 Å². The van der Waals surface area contributed by atoms with Gasteiger partial charge in [0.15, 0.2) is 11.5 Å². The Morgan fingerprint density at radius 1 is 1.23 bits per heavy atom. The van der Waals surface area contributed by atoms with Crippen molar-refractivity contribution in [3.05, 3.63) is 41.9 Å². The second kappa shape index (κ2) is 7.81. The largest absolute Gasteiger partial charge is 0.493 e. The molecule has 2 heterocycles. The zero-order valence-corrected chi connectivity index (χ0v) is 14.8. The lowest BCUT2D eigenvalue weighted by Gasteiger charge is -2.13. The molecule has 8 heteroatoms. The second-order valence-corrected chi connectivity index (χ2v) is 5.55. The molecule has 0 aliphatic carbocycles. The molecule has 0 radical (unpaired) electrons. The number of methoxy groups -OCH3 is 3. The van der Waals surface area contributed by atoms with Crippen LogP contribution in [0.4, 0.5) is 0 Å². The van der Waals surface area contributed by atoms with E-state index in [4.69, 9.17) is 23.5 Å². The van der Waals surface area contributed by atoms with Gasteiger partial charge in [-0.05, 0) is 24.3 Å². The number of furan rings is 1. The SMILES string of the molecule is COc1cc(C2=NOC(C(=O)NCc3ccco3)C2)cc(OC)c1OC. The van der Waals surface area contributed by atoms with Crippen molar-refractivity contribution in [3.8, 4) is 17.2 Å². The number of oxime groups is 1. The van der Waals surface area contributed by atoms with Gasteiger partial charge in [0.2, 0.25) is 11.9 Å². The molecule has 1 aliphatic heterocycles. The average Bonchev–Trinajstić information content (AvgIpc) is 3.36. The number of nitrogens with zero attached hydrogens (tertiary/aromatic N) is 1. The number of hydrogen-bond acceptors (Lipinski definition) is 7. The summed E-state index contributed by atoms with van der Waals surface area (Å²) in [5, 5.41) is 6.80. The standard InChI is InChI=1S/C18H20N2O6/c1-22-14-7-11(8-15(23-2)17(14)24-3)13-9-16(26-20-13)18(21)19-10-12-5-4-6-25-12/h4-8,16H,9-10H2,1-3H3,(H,19,21). The molecule has 138 valence electrons. The van der Waals surface area contributed by atoms with Gasteiger partial charge in [-0.15, -0.1) is 0 Å². The lowest BCUT2D eigenvalue weighted by molar-refractivity contribution is -0.131. The van der Waals surface area contributed by atoms with Crippen molar-refractivity contribution < 1.29 is 28.3 Å². The van der Waals surface area contributed by atoms with Crippen molar-refractivity contribution in [1.29, 1.82) is 0 Å². The molecule has 0 bridgehead atoms. The summed E-state index contributed by atoms with van der Waals surface area (Å²) in [4.78, 5) is 17.5. The minimum Gasteiger partial charge on any atom is -0.493 e. The van der Waals surface area contributed by atoms with E-state index < -0.39 is 6.10 Å². The van der Waals surface area contributed by atoms with Crippen molar-refractivity contribution in [1.82, 2.24) is 5.32 Å². The highest BCUT2D eigenvalue weighted by Crippen LogP contribution is 2.39. The molecule has 1 unspecified atom stereocenters. The zero-order chi connectivity index (χ0) is 18.5. The van der Waals surface area contributed by atoms with Crippen LogP contribution in [0.25, 0.3) is 0 Å². The molecule has 1 atom stereocenters. The van der Waals surface area contributed by atoms with Gasteiger partial charge in [-0.2, -0.15) is 0 Å². The van der Waals surface area contributed by atoms with Gasteiger partial charge in [0.25, 0.3) is 5.91 Å². The van der Waals surface area contributed by atoms with Gasteiger partial charge in [0.1, 0.15) is 5.76 Å². The second-order valence-electron chi connectivity index (χ2n) is 5.55. The van der Waals surface area contributed by atoms with Gasteiger partial charge < -0.3 is 28.8 Å². The van der Waals surface area contributed by atoms with Gasteiger partial charge in [-0.25, -0.2) is 0 Å². The highest BCUT2D eigenvalue weighted by molar-refractivity contribution is 6.04. The maximum atomic E-state index is 12.2. The summed E-state index contributed by atoms with van der Waals surface area (Å²) >= 11 is 0. The number of amides is 1. The van der Waals surface area contributed by atoms with Crippen LogP contribution in [-0.2, 0) is 16.2 Å². The van der Waals surface area contributed by atoms with Gasteiger partial charge in [-0.1, -0.05) is 5.16 Å². The molecule has 0 spiro atoms. The molecule has 2 aromatic rings. The average molecular weight is 360 g/mol. The van der Waals surface area contributed by atoms with Gasteiger partial charge in [0, 0.05) is 12.0 Å². The lowest BCUT2D eigenvalue weighted by atomic mass is 10.0. The molecule has 1 amide bonds. The Hall–Kier alpha value is -3.16. The quantitative estimate of drug-likeness (QED) is 0.813.